The number of hydrogen-bond donors (Lipinski definition) is 1. The minimum absolute atomic E-state index is 0.0808. The molecule has 0 radical (unpaired) electrons. The number of rotatable bonds is 7. The van der Waals surface area contributed by atoms with Crippen LogP contribution in [0.2, 0.25) is 0 Å². The molecular formula is C24H28O6. The quantitative estimate of drug-likeness (QED) is 0.669. The molecule has 2 atom stereocenters. The molecule has 2 aliphatic rings. The van der Waals surface area contributed by atoms with E-state index in [9.17, 15) is 9.90 Å². The summed E-state index contributed by atoms with van der Waals surface area (Å²) in [6.07, 6.45) is 5.72. The van der Waals surface area contributed by atoms with Gasteiger partial charge in [-0.15, -0.1) is 0 Å². The third kappa shape index (κ3) is 5.52. The molecule has 0 aliphatic carbocycles. The molecule has 160 valence electrons. The van der Waals surface area contributed by atoms with E-state index < -0.39 is 0 Å². The zero-order valence-corrected chi connectivity index (χ0v) is 17.0. The molecule has 0 saturated carbocycles. The summed E-state index contributed by atoms with van der Waals surface area (Å²) in [5.74, 6) is 0.995. The molecule has 6 heteroatoms. The van der Waals surface area contributed by atoms with Gasteiger partial charge in [0.05, 0.1) is 18.8 Å². The van der Waals surface area contributed by atoms with E-state index in [1.54, 1.807) is 12.1 Å². The lowest BCUT2D eigenvalue weighted by molar-refractivity contribution is -0.106. The van der Waals surface area contributed by atoms with Crippen molar-refractivity contribution in [3.05, 3.63) is 53.6 Å². The van der Waals surface area contributed by atoms with Crippen molar-refractivity contribution in [2.75, 3.05) is 13.2 Å². The van der Waals surface area contributed by atoms with Crippen LogP contribution in [0.15, 0.2) is 42.5 Å². The van der Waals surface area contributed by atoms with Gasteiger partial charge in [0.15, 0.2) is 18.4 Å². The molecule has 6 nitrogen and oxygen atoms in total. The van der Waals surface area contributed by atoms with E-state index in [0.717, 1.165) is 56.4 Å². The maximum Gasteiger partial charge on any atom is 0.199 e. The lowest BCUT2D eigenvalue weighted by atomic mass is 10.0. The van der Waals surface area contributed by atoms with Crippen molar-refractivity contribution in [2.24, 2.45) is 0 Å². The van der Waals surface area contributed by atoms with Crippen molar-refractivity contribution >= 4 is 5.78 Å². The second kappa shape index (κ2) is 9.96. The molecule has 0 unspecified atom stereocenters. The average molecular weight is 412 g/mol. The molecule has 0 amide bonds. The van der Waals surface area contributed by atoms with Crippen molar-refractivity contribution in [3.63, 3.8) is 0 Å². The summed E-state index contributed by atoms with van der Waals surface area (Å²) in [4.78, 5) is 12.7. The van der Waals surface area contributed by atoms with E-state index >= 15 is 0 Å². The summed E-state index contributed by atoms with van der Waals surface area (Å²) in [7, 11) is 0. The third-order valence-corrected chi connectivity index (χ3v) is 5.37. The number of Topliss-reactive ketones (excluding diaryl/α,β-unsaturated/α-hetero) is 1. The Labute approximate surface area is 176 Å². The first-order chi connectivity index (χ1) is 14.7. The Kier molecular flexibility index (Phi) is 6.87. The molecule has 0 aromatic heterocycles. The molecule has 2 aromatic rings. The van der Waals surface area contributed by atoms with Crippen LogP contribution in [-0.2, 0) is 15.9 Å². The largest absolute Gasteiger partial charge is 0.507 e. The SMILES string of the molecule is O=C(Cc1ccc(O[C@@H]2CCCCO2)cc1)c1ccc(O[C@H]2CCCCO2)cc1O. The van der Waals surface area contributed by atoms with Crippen LogP contribution < -0.4 is 9.47 Å². The Balaban J connectivity index is 1.33. The summed E-state index contributed by atoms with van der Waals surface area (Å²) in [5, 5.41) is 10.3. The van der Waals surface area contributed by atoms with E-state index in [1.165, 1.54) is 6.07 Å². The number of carbonyl (C=O) groups is 1. The molecule has 2 saturated heterocycles. The molecular weight excluding hydrogens is 384 g/mol. The van der Waals surface area contributed by atoms with Gasteiger partial charge in [-0.3, -0.25) is 4.79 Å². The number of aromatic hydroxyl groups is 1. The monoisotopic (exact) mass is 412 g/mol. The number of phenols is 1. The van der Waals surface area contributed by atoms with E-state index in [2.05, 4.69) is 0 Å². The zero-order chi connectivity index (χ0) is 20.8. The van der Waals surface area contributed by atoms with Gasteiger partial charge >= 0.3 is 0 Å². The summed E-state index contributed by atoms with van der Waals surface area (Å²) < 4.78 is 22.7. The molecule has 1 N–H and O–H groups in total. The molecule has 2 aliphatic heterocycles. The summed E-state index contributed by atoms with van der Waals surface area (Å²) in [6, 6.07) is 12.2. The first-order valence-corrected chi connectivity index (χ1v) is 10.7. The molecule has 4 rings (SSSR count). The zero-order valence-electron chi connectivity index (χ0n) is 17.0. The second-order valence-electron chi connectivity index (χ2n) is 7.75. The standard InChI is InChI=1S/C24H28O6/c25-21(15-17-7-9-18(10-8-17)29-23-5-1-3-13-27-23)20-12-11-19(16-22(20)26)30-24-6-2-4-14-28-24/h7-12,16,23-24,26H,1-6,13-15H2/t23-,24+/m1/s1. The van der Waals surface area contributed by atoms with Crippen LogP contribution in [0.1, 0.15) is 54.4 Å². The van der Waals surface area contributed by atoms with Gasteiger partial charge in [-0.1, -0.05) is 12.1 Å². The Morgan fingerprint density at radius 3 is 2.03 bits per heavy atom. The van der Waals surface area contributed by atoms with Crippen molar-refractivity contribution in [1.82, 2.24) is 0 Å². The maximum atomic E-state index is 12.7. The molecule has 0 bridgehead atoms. The average Bonchev–Trinajstić information content (AvgIpc) is 2.76. The maximum absolute atomic E-state index is 12.7. The number of hydrogen-bond acceptors (Lipinski definition) is 6. The van der Waals surface area contributed by atoms with Crippen LogP contribution in [0.3, 0.4) is 0 Å². The Bertz CT molecular complexity index is 835. The van der Waals surface area contributed by atoms with Crippen LogP contribution in [-0.4, -0.2) is 36.7 Å². The highest BCUT2D eigenvalue weighted by Crippen LogP contribution is 2.28. The minimum Gasteiger partial charge on any atom is -0.507 e. The topological polar surface area (TPSA) is 74.2 Å². The van der Waals surface area contributed by atoms with Gasteiger partial charge in [0.25, 0.3) is 0 Å². The van der Waals surface area contributed by atoms with Crippen molar-refractivity contribution in [1.29, 1.82) is 0 Å². The van der Waals surface area contributed by atoms with Crippen LogP contribution >= 0.6 is 0 Å². The van der Waals surface area contributed by atoms with Gasteiger partial charge in [-0.25, -0.2) is 0 Å². The highest BCUT2D eigenvalue weighted by molar-refractivity contribution is 6.00. The van der Waals surface area contributed by atoms with Crippen molar-refractivity contribution < 1.29 is 28.8 Å². The van der Waals surface area contributed by atoms with Gasteiger partial charge in [-0.05, 0) is 55.5 Å². The summed E-state index contributed by atoms with van der Waals surface area (Å²) >= 11 is 0. The van der Waals surface area contributed by atoms with Crippen LogP contribution in [0.5, 0.6) is 17.2 Å². The normalized spacial score (nSPS) is 21.7. The predicted molar refractivity (Wildman–Crippen MR) is 111 cm³/mol. The molecule has 0 spiro atoms. The third-order valence-electron chi connectivity index (χ3n) is 5.37. The van der Waals surface area contributed by atoms with Crippen LogP contribution in [0.4, 0.5) is 0 Å². The van der Waals surface area contributed by atoms with Gasteiger partial charge in [-0.2, -0.15) is 0 Å². The van der Waals surface area contributed by atoms with Crippen LogP contribution in [0.25, 0.3) is 0 Å². The Morgan fingerprint density at radius 1 is 0.867 bits per heavy atom. The first kappa shape index (κ1) is 20.7. The van der Waals surface area contributed by atoms with Gasteiger partial charge < -0.3 is 24.1 Å². The molecule has 2 aromatic carbocycles. The van der Waals surface area contributed by atoms with E-state index in [1.807, 2.05) is 24.3 Å². The Morgan fingerprint density at radius 2 is 1.47 bits per heavy atom. The van der Waals surface area contributed by atoms with E-state index in [-0.39, 0.29) is 36.1 Å². The smallest absolute Gasteiger partial charge is 0.199 e. The van der Waals surface area contributed by atoms with E-state index in [4.69, 9.17) is 18.9 Å². The Hall–Kier alpha value is -2.57. The number of ether oxygens (including phenoxy) is 4. The number of benzene rings is 2. The fourth-order valence-corrected chi connectivity index (χ4v) is 3.70. The number of phenolic OH excluding ortho intramolecular Hbond substituents is 1. The van der Waals surface area contributed by atoms with Crippen molar-refractivity contribution in [3.8, 4) is 17.2 Å². The lowest BCUT2D eigenvalue weighted by Crippen LogP contribution is -2.25. The second-order valence-corrected chi connectivity index (χ2v) is 7.75. The summed E-state index contributed by atoms with van der Waals surface area (Å²) in [5.41, 5.74) is 1.13. The van der Waals surface area contributed by atoms with Gasteiger partial charge in [0.2, 0.25) is 0 Å². The fourth-order valence-electron chi connectivity index (χ4n) is 3.70. The highest BCUT2D eigenvalue weighted by atomic mass is 16.7. The van der Waals surface area contributed by atoms with Crippen molar-refractivity contribution in [2.45, 2.75) is 57.5 Å². The lowest BCUT2D eigenvalue weighted by Gasteiger charge is -2.23. The van der Waals surface area contributed by atoms with E-state index in [0.29, 0.717) is 12.4 Å². The molecule has 2 heterocycles. The molecule has 30 heavy (non-hydrogen) atoms. The first-order valence-electron chi connectivity index (χ1n) is 10.7. The number of ketones is 1. The van der Waals surface area contributed by atoms with Crippen LogP contribution in [0, 0.1) is 0 Å². The summed E-state index contributed by atoms with van der Waals surface area (Å²) in [6.45, 7) is 1.42. The van der Waals surface area contributed by atoms with Gasteiger partial charge in [0.1, 0.15) is 17.2 Å². The predicted octanol–water partition coefficient (Wildman–Crippen LogP) is 4.63. The van der Waals surface area contributed by atoms with Gasteiger partial charge in [0, 0.05) is 25.3 Å². The highest BCUT2D eigenvalue weighted by Gasteiger charge is 2.18. The minimum atomic E-state index is -0.292. The fraction of sp³-hybridized carbons (Fsp3) is 0.458. The number of carbonyl (C=O) groups excluding carboxylic acids is 1. The molecule has 2 fully saturated rings.